The fourth-order valence-electron chi connectivity index (χ4n) is 1.10. The molecule has 1 heterocycles. The molecule has 0 radical (unpaired) electrons. The van der Waals surface area contributed by atoms with Crippen LogP contribution in [0.2, 0.25) is 0 Å². The Balaban J connectivity index is 2.22. The number of halogens is 2. The van der Waals surface area contributed by atoms with Gasteiger partial charge in [0.25, 0.3) is 5.90 Å². The van der Waals surface area contributed by atoms with E-state index in [9.17, 15) is 8.78 Å². The van der Waals surface area contributed by atoms with Crippen molar-refractivity contribution in [1.82, 2.24) is 0 Å². The summed E-state index contributed by atoms with van der Waals surface area (Å²) in [6.07, 6.45) is 0. The second kappa shape index (κ2) is 4.16. The minimum atomic E-state index is -0.684. The molecule has 0 amide bonds. The number of nitrogens with one attached hydrogen (secondary N) is 2. The molecule has 0 saturated heterocycles. The SMILES string of the molecule is N=C1ON=C(N)/C1=N/Nc1cc(F)ccc1F. The zero-order valence-electron chi connectivity index (χ0n) is 8.37. The van der Waals surface area contributed by atoms with Gasteiger partial charge in [-0.25, -0.2) is 8.78 Å². The fraction of sp³-hybridized carbons (Fsp3) is 0. The Labute approximate surface area is 94.3 Å². The van der Waals surface area contributed by atoms with Gasteiger partial charge in [-0.2, -0.15) is 5.10 Å². The Bertz CT molecular complexity index is 540. The quantitative estimate of drug-likeness (QED) is 0.672. The maximum absolute atomic E-state index is 13.2. The molecule has 0 atom stereocenters. The zero-order chi connectivity index (χ0) is 12.4. The lowest BCUT2D eigenvalue weighted by atomic mass is 10.3. The highest BCUT2D eigenvalue weighted by molar-refractivity contribution is 6.67. The van der Waals surface area contributed by atoms with Gasteiger partial charge < -0.3 is 10.6 Å². The number of hydrogen-bond acceptors (Lipinski definition) is 6. The van der Waals surface area contributed by atoms with Crippen molar-refractivity contribution in [2.75, 3.05) is 5.43 Å². The number of nitrogens with two attached hydrogens (primary N) is 1. The van der Waals surface area contributed by atoms with Crippen LogP contribution in [-0.4, -0.2) is 17.4 Å². The topological polar surface area (TPSA) is 95.8 Å². The van der Waals surface area contributed by atoms with Crippen LogP contribution in [0, 0.1) is 17.0 Å². The van der Waals surface area contributed by atoms with Gasteiger partial charge in [0, 0.05) is 6.07 Å². The Morgan fingerprint density at radius 3 is 2.82 bits per heavy atom. The smallest absolute Gasteiger partial charge is 0.273 e. The molecule has 0 bridgehead atoms. The van der Waals surface area contributed by atoms with Crippen LogP contribution >= 0.6 is 0 Å². The monoisotopic (exact) mass is 239 g/mol. The summed E-state index contributed by atoms with van der Waals surface area (Å²) in [5.74, 6) is -1.78. The van der Waals surface area contributed by atoms with E-state index < -0.39 is 11.6 Å². The van der Waals surface area contributed by atoms with Gasteiger partial charge in [-0.05, 0) is 12.1 Å². The zero-order valence-corrected chi connectivity index (χ0v) is 8.37. The molecular weight excluding hydrogens is 232 g/mol. The Hall–Kier alpha value is -2.51. The predicted molar refractivity (Wildman–Crippen MR) is 57.8 cm³/mol. The van der Waals surface area contributed by atoms with Crippen LogP contribution in [0.1, 0.15) is 0 Å². The van der Waals surface area contributed by atoms with Crippen LogP contribution in [0.25, 0.3) is 0 Å². The largest absolute Gasteiger partial charge is 0.379 e. The predicted octanol–water partition coefficient (Wildman–Crippen LogP) is 1.01. The molecule has 17 heavy (non-hydrogen) atoms. The summed E-state index contributed by atoms with van der Waals surface area (Å²) in [6, 6.07) is 2.85. The molecule has 0 aromatic heterocycles. The van der Waals surface area contributed by atoms with Crippen LogP contribution in [0.5, 0.6) is 0 Å². The summed E-state index contributed by atoms with van der Waals surface area (Å²) in [6.45, 7) is 0. The molecule has 0 unspecified atom stereocenters. The maximum Gasteiger partial charge on any atom is 0.273 e. The molecular formula is C9H7F2N5O. The van der Waals surface area contributed by atoms with Gasteiger partial charge in [0.2, 0.25) is 0 Å². The molecule has 0 saturated carbocycles. The molecule has 0 spiro atoms. The standard InChI is InChI=1S/C9H7F2N5O/c10-4-1-2-5(11)6(3-4)14-15-7-8(12)16-17-9(7)13/h1-3,13-14H,(H2,12,16)/b13-9?,15-7-. The van der Waals surface area contributed by atoms with Gasteiger partial charge in [0.15, 0.2) is 11.5 Å². The number of rotatable bonds is 2. The van der Waals surface area contributed by atoms with Crippen molar-refractivity contribution >= 4 is 23.1 Å². The van der Waals surface area contributed by atoms with E-state index in [0.29, 0.717) is 0 Å². The first-order valence-electron chi connectivity index (χ1n) is 4.46. The van der Waals surface area contributed by atoms with Crippen LogP contribution in [-0.2, 0) is 4.84 Å². The molecule has 0 aliphatic carbocycles. The number of anilines is 1. The summed E-state index contributed by atoms with van der Waals surface area (Å²) in [7, 11) is 0. The highest BCUT2D eigenvalue weighted by Crippen LogP contribution is 2.15. The summed E-state index contributed by atoms with van der Waals surface area (Å²) in [5.41, 5.74) is 7.34. The van der Waals surface area contributed by atoms with E-state index in [-0.39, 0.29) is 23.1 Å². The Morgan fingerprint density at radius 1 is 1.41 bits per heavy atom. The van der Waals surface area contributed by atoms with Crippen LogP contribution in [0.15, 0.2) is 28.5 Å². The van der Waals surface area contributed by atoms with Gasteiger partial charge in [0.1, 0.15) is 11.6 Å². The molecule has 4 N–H and O–H groups in total. The van der Waals surface area contributed by atoms with Gasteiger partial charge in [0.05, 0.1) is 5.69 Å². The van der Waals surface area contributed by atoms with E-state index in [1.807, 2.05) is 0 Å². The van der Waals surface area contributed by atoms with E-state index >= 15 is 0 Å². The molecule has 1 aliphatic heterocycles. The summed E-state index contributed by atoms with van der Waals surface area (Å²) in [5, 5.41) is 14.1. The number of hydrogen-bond donors (Lipinski definition) is 3. The van der Waals surface area contributed by atoms with Crippen LogP contribution in [0.3, 0.4) is 0 Å². The Kier molecular flexibility index (Phi) is 2.69. The summed E-state index contributed by atoms with van der Waals surface area (Å²) < 4.78 is 26.0. The third-order valence-electron chi connectivity index (χ3n) is 1.91. The molecule has 1 aromatic carbocycles. The van der Waals surface area contributed by atoms with Crippen molar-refractivity contribution < 1.29 is 13.6 Å². The number of nitrogens with zero attached hydrogens (tertiary/aromatic N) is 2. The van der Waals surface area contributed by atoms with Gasteiger partial charge in [-0.15, -0.1) is 0 Å². The van der Waals surface area contributed by atoms with Gasteiger partial charge in [-0.3, -0.25) is 10.8 Å². The maximum atomic E-state index is 13.2. The third-order valence-corrected chi connectivity index (χ3v) is 1.91. The number of benzene rings is 1. The first-order chi connectivity index (χ1) is 8.08. The van der Waals surface area contributed by atoms with Gasteiger partial charge >= 0.3 is 0 Å². The van der Waals surface area contributed by atoms with E-state index in [2.05, 4.69) is 20.5 Å². The second-order valence-corrected chi connectivity index (χ2v) is 3.09. The van der Waals surface area contributed by atoms with Crippen molar-refractivity contribution in [3.8, 4) is 0 Å². The molecule has 0 fully saturated rings. The van der Waals surface area contributed by atoms with Crippen LogP contribution < -0.4 is 11.2 Å². The molecule has 8 heteroatoms. The first-order valence-corrected chi connectivity index (χ1v) is 4.46. The fourth-order valence-corrected chi connectivity index (χ4v) is 1.10. The Morgan fingerprint density at radius 2 is 2.18 bits per heavy atom. The van der Waals surface area contributed by atoms with E-state index in [1.165, 1.54) is 0 Å². The van der Waals surface area contributed by atoms with Crippen molar-refractivity contribution in [3.63, 3.8) is 0 Å². The van der Waals surface area contributed by atoms with E-state index in [4.69, 9.17) is 11.1 Å². The molecule has 6 nitrogen and oxygen atoms in total. The summed E-state index contributed by atoms with van der Waals surface area (Å²) in [4.78, 5) is 4.43. The lowest BCUT2D eigenvalue weighted by Gasteiger charge is -2.02. The minimum absolute atomic E-state index is 0.0753. The molecule has 1 aromatic rings. The molecule has 88 valence electrons. The molecule has 2 rings (SSSR count). The molecule has 1 aliphatic rings. The average Bonchev–Trinajstić information content (AvgIpc) is 2.61. The van der Waals surface area contributed by atoms with Crippen molar-refractivity contribution in [1.29, 1.82) is 5.41 Å². The highest BCUT2D eigenvalue weighted by atomic mass is 19.1. The van der Waals surface area contributed by atoms with Crippen molar-refractivity contribution in [2.45, 2.75) is 0 Å². The minimum Gasteiger partial charge on any atom is -0.379 e. The summed E-state index contributed by atoms with van der Waals surface area (Å²) >= 11 is 0. The number of oxime groups is 1. The normalized spacial score (nSPS) is 16.9. The second-order valence-electron chi connectivity index (χ2n) is 3.09. The highest BCUT2D eigenvalue weighted by Gasteiger charge is 2.21. The third kappa shape index (κ3) is 2.19. The van der Waals surface area contributed by atoms with E-state index in [1.54, 1.807) is 0 Å². The van der Waals surface area contributed by atoms with Crippen molar-refractivity contribution in [2.24, 2.45) is 16.0 Å². The van der Waals surface area contributed by atoms with Gasteiger partial charge in [-0.1, -0.05) is 5.16 Å². The number of amidine groups is 1. The first kappa shape index (κ1) is 11.0. The number of hydrazone groups is 1. The lowest BCUT2D eigenvalue weighted by molar-refractivity contribution is 0.340. The van der Waals surface area contributed by atoms with E-state index in [0.717, 1.165) is 18.2 Å². The lowest BCUT2D eigenvalue weighted by Crippen LogP contribution is -2.25. The van der Waals surface area contributed by atoms with Crippen molar-refractivity contribution in [3.05, 3.63) is 29.8 Å². The average molecular weight is 239 g/mol. The van der Waals surface area contributed by atoms with Crippen LogP contribution in [0.4, 0.5) is 14.5 Å².